The largest absolute Gasteiger partial charge is 0.326 e. The van der Waals surface area contributed by atoms with Crippen LogP contribution in [0.3, 0.4) is 0 Å². The van der Waals surface area contributed by atoms with Crippen molar-refractivity contribution in [1.82, 2.24) is 4.57 Å². The smallest absolute Gasteiger partial charge is 0.255 e. The molecule has 0 bridgehead atoms. The van der Waals surface area contributed by atoms with Gasteiger partial charge >= 0.3 is 0 Å². The maximum atomic E-state index is 13.0. The molecule has 0 fully saturated rings. The Hall–Kier alpha value is -1.94. The highest BCUT2D eigenvalue weighted by Crippen LogP contribution is 2.19. The number of benzene rings is 1. The van der Waals surface area contributed by atoms with E-state index in [9.17, 15) is 9.18 Å². The summed E-state index contributed by atoms with van der Waals surface area (Å²) in [6.07, 6.45) is 1.92. The third-order valence-electron chi connectivity index (χ3n) is 3.35. The van der Waals surface area contributed by atoms with E-state index in [1.165, 1.54) is 12.1 Å². The summed E-state index contributed by atoms with van der Waals surface area (Å²) in [5, 5.41) is 0. The maximum Gasteiger partial charge on any atom is 0.255 e. The van der Waals surface area contributed by atoms with Crippen LogP contribution in [0, 0.1) is 5.82 Å². The average Bonchev–Trinajstić information content (AvgIpc) is 2.47. The molecule has 0 saturated heterocycles. The molecular weight excluding hydrogens is 255 g/mol. The molecular formula is C16H19FN2O. The van der Waals surface area contributed by atoms with E-state index in [-0.39, 0.29) is 17.9 Å². The molecule has 1 aromatic heterocycles. The van der Waals surface area contributed by atoms with Gasteiger partial charge in [0.05, 0.1) is 5.69 Å². The quantitative estimate of drug-likeness (QED) is 0.911. The molecule has 3 nitrogen and oxygen atoms in total. The minimum Gasteiger partial charge on any atom is -0.326 e. The van der Waals surface area contributed by atoms with Crippen molar-refractivity contribution in [1.29, 1.82) is 0 Å². The van der Waals surface area contributed by atoms with Crippen molar-refractivity contribution in [2.24, 2.45) is 5.73 Å². The van der Waals surface area contributed by atoms with Gasteiger partial charge in [-0.3, -0.25) is 4.79 Å². The maximum absolute atomic E-state index is 13.0. The standard InChI is InChI=1S/C16H19FN2O/c1-2-3-10-19-15(9-6-13(11-18)16(19)20)12-4-7-14(17)8-5-12/h4-9H,2-3,10-11,18H2,1H3. The summed E-state index contributed by atoms with van der Waals surface area (Å²) in [4.78, 5) is 12.4. The number of aromatic nitrogens is 1. The second kappa shape index (κ2) is 6.48. The number of halogens is 1. The zero-order valence-electron chi connectivity index (χ0n) is 11.6. The van der Waals surface area contributed by atoms with Crippen LogP contribution < -0.4 is 11.3 Å². The van der Waals surface area contributed by atoms with Crippen molar-refractivity contribution in [3.05, 3.63) is 58.1 Å². The normalized spacial score (nSPS) is 10.8. The van der Waals surface area contributed by atoms with Gasteiger partial charge in [0.25, 0.3) is 5.56 Å². The summed E-state index contributed by atoms with van der Waals surface area (Å²) in [6, 6.07) is 9.82. The SMILES string of the molecule is CCCCn1c(-c2ccc(F)cc2)ccc(CN)c1=O. The van der Waals surface area contributed by atoms with Gasteiger partial charge in [-0.1, -0.05) is 19.4 Å². The fourth-order valence-corrected chi connectivity index (χ4v) is 2.19. The van der Waals surface area contributed by atoms with Gasteiger partial charge in [-0.05, 0) is 42.3 Å². The highest BCUT2D eigenvalue weighted by molar-refractivity contribution is 5.59. The third kappa shape index (κ3) is 2.96. The van der Waals surface area contributed by atoms with E-state index < -0.39 is 0 Å². The van der Waals surface area contributed by atoms with Crippen molar-refractivity contribution in [3.8, 4) is 11.3 Å². The van der Waals surface area contributed by atoms with E-state index in [0.717, 1.165) is 24.1 Å². The van der Waals surface area contributed by atoms with Gasteiger partial charge in [-0.15, -0.1) is 0 Å². The molecule has 0 aliphatic heterocycles. The van der Waals surface area contributed by atoms with E-state index in [1.807, 2.05) is 6.07 Å². The first kappa shape index (κ1) is 14.5. The predicted molar refractivity (Wildman–Crippen MR) is 78.9 cm³/mol. The van der Waals surface area contributed by atoms with Gasteiger partial charge in [0.15, 0.2) is 0 Å². The molecule has 1 heterocycles. The predicted octanol–water partition coefficient (Wildman–Crippen LogP) is 2.91. The lowest BCUT2D eigenvalue weighted by molar-refractivity contribution is 0.612. The van der Waals surface area contributed by atoms with Gasteiger partial charge in [0.2, 0.25) is 0 Å². The monoisotopic (exact) mass is 274 g/mol. The Morgan fingerprint density at radius 2 is 1.85 bits per heavy atom. The molecule has 2 rings (SSSR count). The minimum atomic E-state index is -0.283. The first-order valence-corrected chi connectivity index (χ1v) is 6.86. The molecule has 0 aliphatic carbocycles. The van der Waals surface area contributed by atoms with Gasteiger partial charge in [0.1, 0.15) is 5.82 Å². The minimum absolute atomic E-state index is 0.0530. The second-order valence-corrected chi connectivity index (χ2v) is 4.77. The molecule has 4 heteroatoms. The molecule has 2 aromatic rings. The van der Waals surface area contributed by atoms with E-state index in [4.69, 9.17) is 5.73 Å². The van der Waals surface area contributed by atoms with Crippen LogP contribution in [0.15, 0.2) is 41.2 Å². The summed E-state index contributed by atoms with van der Waals surface area (Å²) in [5.74, 6) is -0.283. The Labute approximate surface area is 117 Å². The molecule has 0 saturated carbocycles. The summed E-state index contributed by atoms with van der Waals surface area (Å²) in [6.45, 7) is 2.96. The van der Waals surface area contributed by atoms with Crippen LogP contribution >= 0.6 is 0 Å². The van der Waals surface area contributed by atoms with Crippen molar-refractivity contribution in [3.63, 3.8) is 0 Å². The number of nitrogens with zero attached hydrogens (tertiary/aromatic N) is 1. The summed E-state index contributed by atoms with van der Waals surface area (Å²) >= 11 is 0. The first-order chi connectivity index (χ1) is 9.67. The van der Waals surface area contributed by atoms with Crippen molar-refractivity contribution in [2.75, 3.05) is 0 Å². The Morgan fingerprint density at radius 1 is 1.15 bits per heavy atom. The van der Waals surface area contributed by atoms with E-state index in [2.05, 4.69) is 6.92 Å². The Bertz CT molecular complexity index is 632. The number of unbranched alkanes of at least 4 members (excludes halogenated alkanes) is 1. The number of pyridine rings is 1. The van der Waals surface area contributed by atoms with Crippen molar-refractivity contribution >= 4 is 0 Å². The third-order valence-corrected chi connectivity index (χ3v) is 3.35. The van der Waals surface area contributed by atoms with Crippen LogP contribution in [0.2, 0.25) is 0 Å². The lowest BCUT2D eigenvalue weighted by Crippen LogP contribution is -2.26. The molecule has 0 radical (unpaired) electrons. The Balaban J connectivity index is 2.54. The van der Waals surface area contributed by atoms with E-state index >= 15 is 0 Å². The lowest BCUT2D eigenvalue weighted by Gasteiger charge is -2.14. The van der Waals surface area contributed by atoms with Crippen LogP contribution in [0.4, 0.5) is 4.39 Å². The zero-order chi connectivity index (χ0) is 14.5. The molecule has 0 amide bonds. The molecule has 0 atom stereocenters. The average molecular weight is 274 g/mol. The lowest BCUT2D eigenvalue weighted by atomic mass is 10.1. The number of hydrogen-bond acceptors (Lipinski definition) is 2. The highest BCUT2D eigenvalue weighted by Gasteiger charge is 2.09. The van der Waals surface area contributed by atoms with Crippen LogP contribution in [-0.2, 0) is 13.1 Å². The van der Waals surface area contributed by atoms with E-state index in [1.54, 1.807) is 22.8 Å². The summed E-state index contributed by atoms with van der Waals surface area (Å²) in [5.41, 5.74) is 7.79. The number of hydrogen-bond donors (Lipinski definition) is 1. The topological polar surface area (TPSA) is 48.0 Å². The first-order valence-electron chi connectivity index (χ1n) is 6.86. The fourth-order valence-electron chi connectivity index (χ4n) is 2.19. The van der Waals surface area contributed by atoms with Crippen LogP contribution in [-0.4, -0.2) is 4.57 Å². The molecule has 1 aromatic carbocycles. The summed E-state index contributed by atoms with van der Waals surface area (Å²) < 4.78 is 14.8. The molecule has 20 heavy (non-hydrogen) atoms. The molecule has 106 valence electrons. The highest BCUT2D eigenvalue weighted by atomic mass is 19.1. The Morgan fingerprint density at radius 3 is 2.45 bits per heavy atom. The number of nitrogens with two attached hydrogens (primary N) is 1. The van der Waals surface area contributed by atoms with Crippen LogP contribution in [0.5, 0.6) is 0 Å². The van der Waals surface area contributed by atoms with Gasteiger partial charge in [0, 0.05) is 18.7 Å². The fraction of sp³-hybridized carbons (Fsp3) is 0.312. The Kier molecular flexibility index (Phi) is 4.69. The molecule has 0 spiro atoms. The molecule has 0 unspecified atom stereocenters. The van der Waals surface area contributed by atoms with Crippen LogP contribution in [0.25, 0.3) is 11.3 Å². The van der Waals surface area contributed by atoms with Crippen molar-refractivity contribution in [2.45, 2.75) is 32.9 Å². The second-order valence-electron chi connectivity index (χ2n) is 4.77. The van der Waals surface area contributed by atoms with Gasteiger partial charge < -0.3 is 10.3 Å². The van der Waals surface area contributed by atoms with Gasteiger partial charge in [-0.2, -0.15) is 0 Å². The zero-order valence-corrected chi connectivity index (χ0v) is 11.6. The number of rotatable bonds is 5. The molecule has 2 N–H and O–H groups in total. The molecule has 0 aliphatic rings. The van der Waals surface area contributed by atoms with Crippen molar-refractivity contribution < 1.29 is 4.39 Å². The van der Waals surface area contributed by atoms with Crippen LogP contribution in [0.1, 0.15) is 25.3 Å². The van der Waals surface area contributed by atoms with E-state index in [0.29, 0.717) is 12.1 Å². The van der Waals surface area contributed by atoms with Gasteiger partial charge in [-0.25, -0.2) is 4.39 Å². The summed E-state index contributed by atoms with van der Waals surface area (Å²) in [7, 11) is 0.